The Balaban J connectivity index is 3.39. The van der Waals surface area contributed by atoms with Crippen LogP contribution in [0.2, 0.25) is 0 Å². The van der Waals surface area contributed by atoms with Crippen molar-refractivity contribution in [3.05, 3.63) is 20.8 Å². The number of thiophene rings is 1. The second kappa shape index (κ2) is 3.76. The highest BCUT2D eigenvalue weighted by atomic mass is 79.9. The van der Waals surface area contributed by atoms with E-state index in [1.807, 2.05) is 0 Å². The molecule has 1 unspecified atom stereocenters. The Bertz CT molecular complexity index is 392. The highest BCUT2D eigenvalue weighted by Gasteiger charge is 2.60. The standard InChI is InChI=1S/C7H5BrF3NO2S/c8-4-2-15-1-3(4)6(12,5(13)14)7(9,10)11/h1-2H,12H2,(H,13,14). The molecular weight excluding hydrogens is 299 g/mol. The van der Waals surface area contributed by atoms with Crippen LogP contribution in [0.4, 0.5) is 13.2 Å². The van der Waals surface area contributed by atoms with Gasteiger partial charge in [0.2, 0.25) is 5.54 Å². The van der Waals surface area contributed by atoms with Gasteiger partial charge in [0.25, 0.3) is 0 Å². The molecule has 0 saturated heterocycles. The first-order valence-electron chi connectivity index (χ1n) is 3.52. The lowest BCUT2D eigenvalue weighted by atomic mass is 9.93. The Morgan fingerprint density at radius 2 is 2.00 bits per heavy atom. The number of nitrogens with two attached hydrogens (primary N) is 1. The Labute approximate surface area is 94.8 Å². The Hall–Kier alpha value is -0.600. The smallest absolute Gasteiger partial charge is 0.421 e. The fourth-order valence-electron chi connectivity index (χ4n) is 0.952. The summed E-state index contributed by atoms with van der Waals surface area (Å²) in [4.78, 5) is 10.7. The van der Waals surface area contributed by atoms with Crippen molar-refractivity contribution in [2.45, 2.75) is 11.7 Å². The van der Waals surface area contributed by atoms with Gasteiger partial charge in [0, 0.05) is 15.4 Å². The molecule has 0 fully saturated rings. The molecule has 1 aromatic rings. The number of aliphatic carboxylic acids is 1. The predicted molar refractivity (Wildman–Crippen MR) is 51.6 cm³/mol. The topological polar surface area (TPSA) is 63.3 Å². The molecule has 3 nitrogen and oxygen atoms in total. The lowest BCUT2D eigenvalue weighted by Gasteiger charge is -2.27. The molecule has 84 valence electrons. The molecule has 0 spiro atoms. The van der Waals surface area contributed by atoms with Gasteiger partial charge in [-0.1, -0.05) is 0 Å². The van der Waals surface area contributed by atoms with E-state index in [1.54, 1.807) is 0 Å². The van der Waals surface area contributed by atoms with Gasteiger partial charge < -0.3 is 10.8 Å². The molecule has 15 heavy (non-hydrogen) atoms. The van der Waals surface area contributed by atoms with Crippen molar-refractivity contribution < 1.29 is 23.1 Å². The van der Waals surface area contributed by atoms with E-state index in [0.29, 0.717) is 0 Å². The van der Waals surface area contributed by atoms with E-state index in [4.69, 9.17) is 10.8 Å². The van der Waals surface area contributed by atoms with Crippen LogP contribution in [0.5, 0.6) is 0 Å². The average Bonchev–Trinajstić information content (AvgIpc) is 2.47. The van der Waals surface area contributed by atoms with Gasteiger partial charge >= 0.3 is 12.1 Å². The zero-order valence-corrected chi connectivity index (χ0v) is 9.41. The summed E-state index contributed by atoms with van der Waals surface area (Å²) in [5, 5.41) is 11.0. The second-order valence-corrected chi connectivity index (χ2v) is 4.34. The molecule has 1 heterocycles. The molecule has 8 heteroatoms. The van der Waals surface area contributed by atoms with E-state index in [0.717, 1.165) is 16.7 Å². The van der Waals surface area contributed by atoms with Gasteiger partial charge in [0.1, 0.15) is 0 Å². The van der Waals surface area contributed by atoms with E-state index in [-0.39, 0.29) is 4.47 Å². The number of halogens is 4. The lowest BCUT2D eigenvalue weighted by Crippen LogP contribution is -2.56. The normalized spacial score (nSPS) is 16.1. The Morgan fingerprint density at radius 1 is 1.47 bits per heavy atom. The number of hydrogen-bond donors (Lipinski definition) is 2. The molecule has 1 aromatic heterocycles. The van der Waals surface area contributed by atoms with Gasteiger partial charge in [-0.25, -0.2) is 4.79 Å². The molecule has 0 saturated carbocycles. The van der Waals surface area contributed by atoms with E-state index >= 15 is 0 Å². The summed E-state index contributed by atoms with van der Waals surface area (Å²) in [6.45, 7) is 0. The summed E-state index contributed by atoms with van der Waals surface area (Å²) < 4.78 is 37.8. The van der Waals surface area contributed by atoms with Crippen molar-refractivity contribution in [1.29, 1.82) is 0 Å². The van der Waals surface area contributed by atoms with Crippen LogP contribution < -0.4 is 5.73 Å². The van der Waals surface area contributed by atoms with Gasteiger partial charge in [0.05, 0.1) is 0 Å². The summed E-state index contributed by atoms with van der Waals surface area (Å²) in [5.74, 6) is -2.13. The highest BCUT2D eigenvalue weighted by Crippen LogP contribution is 2.41. The maximum Gasteiger partial charge on any atom is 0.421 e. The van der Waals surface area contributed by atoms with Gasteiger partial charge in [0.15, 0.2) is 0 Å². The molecule has 0 amide bonds. The van der Waals surface area contributed by atoms with Gasteiger partial charge in [-0.2, -0.15) is 24.5 Å². The van der Waals surface area contributed by atoms with Crippen molar-refractivity contribution in [3.63, 3.8) is 0 Å². The van der Waals surface area contributed by atoms with E-state index in [9.17, 15) is 18.0 Å². The number of carbonyl (C=O) groups is 1. The van der Waals surface area contributed by atoms with Crippen molar-refractivity contribution >= 4 is 33.2 Å². The molecule has 0 bridgehead atoms. The number of alkyl halides is 3. The summed E-state index contributed by atoms with van der Waals surface area (Å²) >= 11 is 3.77. The number of rotatable bonds is 2. The van der Waals surface area contributed by atoms with Crippen LogP contribution in [0.25, 0.3) is 0 Å². The SMILES string of the molecule is NC(C(=O)O)(c1cscc1Br)C(F)(F)F. The van der Waals surface area contributed by atoms with E-state index in [1.165, 1.54) is 5.38 Å². The minimum Gasteiger partial charge on any atom is -0.479 e. The monoisotopic (exact) mass is 303 g/mol. The molecule has 1 rings (SSSR count). The van der Waals surface area contributed by atoms with Crippen LogP contribution in [-0.4, -0.2) is 17.3 Å². The molecule has 1 atom stereocenters. The fourth-order valence-corrected chi connectivity index (χ4v) is 2.62. The number of hydrogen-bond acceptors (Lipinski definition) is 3. The second-order valence-electron chi connectivity index (χ2n) is 2.74. The summed E-state index contributed by atoms with van der Waals surface area (Å²) in [5.41, 5.74) is 1.07. The first-order valence-corrected chi connectivity index (χ1v) is 5.26. The zero-order valence-electron chi connectivity index (χ0n) is 7.01. The van der Waals surface area contributed by atoms with Crippen LogP contribution in [-0.2, 0) is 10.3 Å². The molecule has 0 aliphatic heterocycles. The van der Waals surface area contributed by atoms with Gasteiger partial charge in [-0.3, -0.25) is 0 Å². The van der Waals surface area contributed by atoms with E-state index < -0.39 is 23.2 Å². The molecule has 3 N–H and O–H groups in total. The molecular formula is C7H5BrF3NO2S. The van der Waals surface area contributed by atoms with Crippen LogP contribution >= 0.6 is 27.3 Å². The van der Waals surface area contributed by atoms with Crippen LogP contribution in [0, 0.1) is 0 Å². The predicted octanol–water partition coefficient (Wildman–Crippen LogP) is 2.31. The van der Waals surface area contributed by atoms with E-state index in [2.05, 4.69) is 15.9 Å². The maximum absolute atomic E-state index is 12.6. The highest BCUT2D eigenvalue weighted by molar-refractivity contribution is 9.10. The molecule has 0 aliphatic rings. The largest absolute Gasteiger partial charge is 0.479 e. The third kappa shape index (κ3) is 1.88. The van der Waals surface area contributed by atoms with Crippen molar-refractivity contribution in [1.82, 2.24) is 0 Å². The minimum absolute atomic E-state index is 0.0368. The average molecular weight is 304 g/mol. The zero-order chi connectivity index (χ0) is 11.9. The van der Waals surface area contributed by atoms with Crippen molar-refractivity contribution in [3.8, 4) is 0 Å². The first-order chi connectivity index (χ1) is 6.71. The lowest BCUT2D eigenvalue weighted by molar-refractivity contribution is -0.204. The third-order valence-electron chi connectivity index (χ3n) is 1.82. The summed E-state index contributed by atoms with van der Waals surface area (Å²) in [6, 6.07) is 0. The third-order valence-corrected chi connectivity index (χ3v) is 3.53. The maximum atomic E-state index is 12.6. The molecule has 0 aliphatic carbocycles. The van der Waals surface area contributed by atoms with Gasteiger partial charge in [-0.15, -0.1) is 0 Å². The Morgan fingerprint density at radius 3 is 2.27 bits per heavy atom. The number of carboxylic acids is 1. The molecule has 0 aromatic carbocycles. The fraction of sp³-hybridized carbons (Fsp3) is 0.286. The van der Waals surface area contributed by atoms with Crippen LogP contribution in [0.3, 0.4) is 0 Å². The summed E-state index contributed by atoms with van der Waals surface area (Å²) in [6.07, 6.45) is -5.05. The number of carboxylic acid groups (broad SMARTS) is 1. The van der Waals surface area contributed by atoms with Crippen LogP contribution in [0.15, 0.2) is 15.2 Å². The van der Waals surface area contributed by atoms with Crippen molar-refractivity contribution in [2.75, 3.05) is 0 Å². The summed E-state index contributed by atoms with van der Waals surface area (Å²) in [7, 11) is 0. The Kier molecular flexibility index (Phi) is 3.13. The molecule has 0 radical (unpaired) electrons. The first kappa shape index (κ1) is 12.5. The quantitative estimate of drug-likeness (QED) is 0.881. The van der Waals surface area contributed by atoms with Crippen LogP contribution in [0.1, 0.15) is 5.56 Å². The van der Waals surface area contributed by atoms with Crippen molar-refractivity contribution in [2.24, 2.45) is 5.73 Å². The minimum atomic E-state index is -5.05. The van der Waals surface area contributed by atoms with Gasteiger partial charge in [-0.05, 0) is 21.3 Å².